The summed E-state index contributed by atoms with van der Waals surface area (Å²) in [7, 11) is 0. The van der Waals surface area contributed by atoms with Gasteiger partial charge in [0.1, 0.15) is 0 Å². The lowest BCUT2D eigenvalue weighted by molar-refractivity contribution is 0.254. The van der Waals surface area contributed by atoms with E-state index in [0.29, 0.717) is 0 Å². The fourth-order valence-electron chi connectivity index (χ4n) is 2.30. The van der Waals surface area contributed by atoms with Crippen LogP contribution in [0.5, 0.6) is 0 Å². The lowest BCUT2D eigenvalue weighted by atomic mass is 10.2. The number of para-hydroxylation sites is 1. The van der Waals surface area contributed by atoms with Crippen LogP contribution in [0.4, 0.5) is 5.69 Å². The molecule has 0 bridgehead atoms. The molecule has 1 heterocycles. The number of nitrogens with zero attached hydrogens (tertiary/aromatic N) is 2. The zero-order valence-corrected chi connectivity index (χ0v) is 11.9. The average Bonchev–Trinajstić information content (AvgIpc) is 2.41. The van der Waals surface area contributed by atoms with Crippen molar-refractivity contribution in [2.75, 3.05) is 43.0 Å². The SMILES string of the molecule is BrCCCCN1CCN(c2ccccc2)CC1. The van der Waals surface area contributed by atoms with Gasteiger partial charge >= 0.3 is 0 Å². The van der Waals surface area contributed by atoms with E-state index in [2.05, 4.69) is 56.1 Å². The third kappa shape index (κ3) is 4.00. The molecule has 94 valence electrons. The largest absolute Gasteiger partial charge is 0.369 e. The summed E-state index contributed by atoms with van der Waals surface area (Å²) in [6.07, 6.45) is 2.61. The summed E-state index contributed by atoms with van der Waals surface area (Å²) in [6, 6.07) is 10.7. The van der Waals surface area contributed by atoms with E-state index in [-0.39, 0.29) is 0 Å². The predicted octanol–water partition coefficient (Wildman–Crippen LogP) is 2.98. The van der Waals surface area contributed by atoms with E-state index in [0.717, 1.165) is 5.33 Å². The Balaban J connectivity index is 1.74. The molecule has 3 heteroatoms. The molecule has 0 unspecified atom stereocenters. The van der Waals surface area contributed by atoms with Crippen molar-refractivity contribution in [3.05, 3.63) is 30.3 Å². The van der Waals surface area contributed by atoms with E-state index in [1.54, 1.807) is 0 Å². The topological polar surface area (TPSA) is 6.48 Å². The maximum atomic E-state index is 3.49. The molecule has 1 aromatic rings. The van der Waals surface area contributed by atoms with Crippen molar-refractivity contribution in [2.45, 2.75) is 12.8 Å². The lowest BCUT2D eigenvalue weighted by Crippen LogP contribution is -2.46. The maximum Gasteiger partial charge on any atom is 0.0367 e. The molecule has 0 aromatic heterocycles. The van der Waals surface area contributed by atoms with Gasteiger partial charge in [-0.3, -0.25) is 4.90 Å². The molecule has 0 radical (unpaired) electrons. The van der Waals surface area contributed by atoms with Crippen LogP contribution in [0, 0.1) is 0 Å². The van der Waals surface area contributed by atoms with E-state index >= 15 is 0 Å². The van der Waals surface area contributed by atoms with Crippen LogP contribution in [-0.4, -0.2) is 43.0 Å². The van der Waals surface area contributed by atoms with Crippen LogP contribution in [0.3, 0.4) is 0 Å². The molecule has 2 nitrogen and oxygen atoms in total. The molecule has 1 saturated heterocycles. The van der Waals surface area contributed by atoms with E-state index in [1.807, 2.05) is 0 Å². The van der Waals surface area contributed by atoms with Crippen molar-refractivity contribution in [2.24, 2.45) is 0 Å². The molecular formula is C14H21BrN2. The summed E-state index contributed by atoms with van der Waals surface area (Å²) in [6.45, 7) is 6.00. The zero-order chi connectivity index (χ0) is 11.9. The standard InChI is InChI=1S/C14H21BrN2/c15-8-4-5-9-16-10-12-17(13-11-16)14-6-2-1-3-7-14/h1-3,6-7H,4-5,8-13H2. The smallest absolute Gasteiger partial charge is 0.0367 e. The van der Waals surface area contributed by atoms with Crippen LogP contribution in [-0.2, 0) is 0 Å². The first-order valence-corrected chi connectivity index (χ1v) is 7.60. The van der Waals surface area contributed by atoms with Crippen molar-refractivity contribution in [1.82, 2.24) is 4.90 Å². The van der Waals surface area contributed by atoms with Gasteiger partial charge in [0.25, 0.3) is 0 Å². The second-order valence-corrected chi connectivity index (χ2v) is 5.35. The lowest BCUT2D eigenvalue weighted by Gasteiger charge is -2.36. The van der Waals surface area contributed by atoms with Crippen LogP contribution >= 0.6 is 15.9 Å². The summed E-state index contributed by atoms with van der Waals surface area (Å²) in [4.78, 5) is 5.07. The van der Waals surface area contributed by atoms with Gasteiger partial charge in [0.15, 0.2) is 0 Å². The van der Waals surface area contributed by atoms with E-state index in [9.17, 15) is 0 Å². The molecule has 0 saturated carbocycles. The molecule has 1 aliphatic rings. The number of unbranched alkanes of at least 4 members (excludes halogenated alkanes) is 1. The predicted molar refractivity (Wildman–Crippen MR) is 78.1 cm³/mol. The van der Waals surface area contributed by atoms with Gasteiger partial charge in [0.2, 0.25) is 0 Å². The first-order chi connectivity index (χ1) is 8.40. The zero-order valence-electron chi connectivity index (χ0n) is 10.3. The minimum Gasteiger partial charge on any atom is -0.369 e. The van der Waals surface area contributed by atoms with Gasteiger partial charge in [-0.2, -0.15) is 0 Å². The summed E-state index contributed by atoms with van der Waals surface area (Å²) < 4.78 is 0. The van der Waals surface area contributed by atoms with Crippen LogP contribution in [0.2, 0.25) is 0 Å². The third-order valence-corrected chi connectivity index (χ3v) is 3.91. The Bertz CT molecular complexity index is 307. The Labute approximate surface area is 113 Å². The number of rotatable bonds is 5. The first-order valence-electron chi connectivity index (χ1n) is 6.48. The molecule has 1 aliphatic heterocycles. The summed E-state index contributed by atoms with van der Waals surface area (Å²) in [5.74, 6) is 0. The fraction of sp³-hybridized carbons (Fsp3) is 0.571. The molecular weight excluding hydrogens is 276 g/mol. The molecule has 0 N–H and O–H groups in total. The highest BCUT2D eigenvalue weighted by Gasteiger charge is 2.16. The minimum absolute atomic E-state index is 1.14. The molecule has 0 aliphatic carbocycles. The van der Waals surface area contributed by atoms with Gasteiger partial charge in [0.05, 0.1) is 0 Å². The summed E-state index contributed by atoms with van der Waals surface area (Å²) in [5.41, 5.74) is 1.37. The second-order valence-electron chi connectivity index (χ2n) is 4.56. The Kier molecular flexibility index (Phi) is 5.33. The van der Waals surface area contributed by atoms with Gasteiger partial charge < -0.3 is 4.90 Å². The Morgan fingerprint density at radius 1 is 0.941 bits per heavy atom. The van der Waals surface area contributed by atoms with Crippen LogP contribution in [0.15, 0.2) is 30.3 Å². The van der Waals surface area contributed by atoms with E-state index < -0.39 is 0 Å². The summed E-state index contributed by atoms with van der Waals surface area (Å²) >= 11 is 3.49. The number of hydrogen-bond acceptors (Lipinski definition) is 2. The van der Waals surface area contributed by atoms with Crippen molar-refractivity contribution < 1.29 is 0 Å². The highest BCUT2D eigenvalue weighted by Crippen LogP contribution is 2.15. The van der Waals surface area contributed by atoms with Gasteiger partial charge in [-0.05, 0) is 31.5 Å². The summed E-state index contributed by atoms with van der Waals surface area (Å²) in [5, 5.41) is 1.14. The number of halogens is 1. The van der Waals surface area contributed by atoms with E-state index in [4.69, 9.17) is 0 Å². The Morgan fingerprint density at radius 3 is 2.29 bits per heavy atom. The molecule has 0 amide bonds. The normalized spacial score (nSPS) is 17.4. The number of anilines is 1. The minimum atomic E-state index is 1.14. The van der Waals surface area contributed by atoms with Crippen molar-refractivity contribution in [3.63, 3.8) is 0 Å². The molecule has 0 spiro atoms. The van der Waals surface area contributed by atoms with Crippen LogP contribution < -0.4 is 4.90 Å². The Morgan fingerprint density at radius 2 is 1.65 bits per heavy atom. The highest BCUT2D eigenvalue weighted by atomic mass is 79.9. The van der Waals surface area contributed by atoms with Crippen molar-refractivity contribution in [3.8, 4) is 0 Å². The van der Waals surface area contributed by atoms with Gasteiger partial charge in [0, 0.05) is 37.2 Å². The van der Waals surface area contributed by atoms with E-state index in [1.165, 1.54) is 51.3 Å². The van der Waals surface area contributed by atoms with Crippen molar-refractivity contribution >= 4 is 21.6 Å². The van der Waals surface area contributed by atoms with Gasteiger partial charge in [-0.25, -0.2) is 0 Å². The molecule has 0 atom stereocenters. The molecule has 2 rings (SSSR count). The fourth-order valence-corrected chi connectivity index (χ4v) is 2.69. The Hall–Kier alpha value is -0.540. The molecule has 1 fully saturated rings. The number of alkyl halides is 1. The first kappa shape index (κ1) is 12.9. The van der Waals surface area contributed by atoms with Crippen LogP contribution in [0.1, 0.15) is 12.8 Å². The van der Waals surface area contributed by atoms with Crippen molar-refractivity contribution in [1.29, 1.82) is 0 Å². The second kappa shape index (κ2) is 7.02. The number of hydrogen-bond donors (Lipinski definition) is 0. The van der Waals surface area contributed by atoms with Gasteiger partial charge in [-0.15, -0.1) is 0 Å². The highest BCUT2D eigenvalue weighted by molar-refractivity contribution is 9.09. The molecule has 17 heavy (non-hydrogen) atoms. The quantitative estimate of drug-likeness (QED) is 0.609. The van der Waals surface area contributed by atoms with Crippen LogP contribution in [0.25, 0.3) is 0 Å². The maximum absolute atomic E-state index is 3.49. The number of benzene rings is 1. The average molecular weight is 297 g/mol. The third-order valence-electron chi connectivity index (χ3n) is 3.35. The molecule has 1 aromatic carbocycles. The number of piperazine rings is 1. The monoisotopic (exact) mass is 296 g/mol. The van der Waals surface area contributed by atoms with Gasteiger partial charge in [-0.1, -0.05) is 34.1 Å².